The fourth-order valence-electron chi connectivity index (χ4n) is 2.90. The summed E-state index contributed by atoms with van der Waals surface area (Å²) in [5.74, 6) is -3.16. The smallest absolute Gasteiger partial charge is 0.325 e. The summed E-state index contributed by atoms with van der Waals surface area (Å²) in [5.41, 5.74) is 5.46. The third-order valence-electron chi connectivity index (χ3n) is 4.51. The van der Waals surface area contributed by atoms with Gasteiger partial charge in [-0.1, -0.05) is 29.8 Å². The summed E-state index contributed by atoms with van der Waals surface area (Å²) in [6.45, 7) is -1.19. The molecular weight excluding hydrogens is 473 g/mol. The largest absolute Gasteiger partial charge is 0.454 e. The number of hydrogen-bond donors (Lipinski definition) is 2. The Kier molecular flexibility index (Phi) is 7.96. The van der Waals surface area contributed by atoms with E-state index >= 15 is 0 Å². The number of hydrogen-bond acceptors (Lipinski definition) is 6. The van der Waals surface area contributed by atoms with E-state index in [9.17, 15) is 23.6 Å². The van der Waals surface area contributed by atoms with Gasteiger partial charge in [0.25, 0.3) is 11.8 Å². The van der Waals surface area contributed by atoms with Gasteiger partial charge >= 0.3 is 5.97 Å². The molecule has 0 fully saturated rings. The average Bonchev–Trinajstić information content (AvgIpc) is 3.14. The molecule has 33 heavy (non-hydrogen) atoms. The fraction of sp³-hybridized carbons (Fsp3) is 0.182. The van der Waals surface area contributed by atoms with Crippen LogP contribution in [-0.2, 0) is 19.1 Å². The number of benzene rings is 2. The van der Waals surface area contributed by atoms with E-state index in [2.05, 4.69) is 5.32 Å². The zero-order valence-corrected chi connectivity index (χ0v) is 18.7. The minimum atomic E-state index is -0.845. The number of nitrogens with two attached hydrogens (primary N) is 1. The van der Waals surface area contributed by atoms with Crippen molar-refractivity contribution in [1.82, 2.24) is 5.32 Å². The summed E-state index contributed by atoms with van der Waals surface area (Å²) in [5, 5.41) is 3.44. The number of esters is 1. The van der Waals surface area contributed by atoms with Crippen molar-refractivity contribution in [2.24, 2.45) is 5.73 Å². The second-order valence-electron chi connectivity index (χ2n) is 6.82. The van der Waals surface area contributed by atoms with Gasteiger partial charge in [-0.05, 0) is 30.3 Å². The van der Waals surface area contributed by atoms with Crippen molar-refractivity contribution in [3.8, 4) is 0 Å². The predicted octanol–water partition coefficient (Wildman–Crippen LogP) is 2.88. The zero-order valence-electron chi connectivity index (χ0n) is 17.2. The summed E-state index contributed by atoms with van der Waals surface area (Å²) < 4.78 is 19.0. The molecule has 3 N–H and O–H groups in total. The minimum Gasteiger partial charge on any atom is -0.454 e. The van der Waals surface area contributed by atoms with Gasteiger partial charge in [-0.25, -0.2) is 4.39 Å². The van der Waals surface area contributed by atoms with Crippen molar-refractivity contribution in [3.63, 3.8) is 0 Å². The lowest BCUT2D eigenvalue weighted by Gasteiger charge is -2.22. The van der Waals surface area contributed by atoms with E-state index in [0.29, 0.717) is 10.7 Å². The second-order valence-corrected chi connectivity index (χ2v) is 8.25. The van der Waals surface area contributed by atoms with Crippen LogP contribution in [-0.4, -0.2) is 43.4 Å². The quantitative estimate of drug-likeness (QED) is 0.446. The molecule has 0 aliphatic heterocycles. The van der Waals surface area contributed by atoms with Crippen LogP contribution in [0, 0.1) is 5.82 Å². The molecule has 0 bridgehead atoms. The Morgan fingerprint density at radius 3 is 2.45 bits per heavy atom. The molecule has 0 aliphatic carbocycles. The Bertz CT molecular complexity index is 1200. The number of nitrogens with zero attached hydrogens (tertiary/aromatic N) is 1. The molecule has 3 rings (SSSR count). The van der Waals surface area contributed by atoms with Crippen LogP contribution in [0.3, 0.4) is 0 Å². The zero-order chi connectivity index (χ0) is 24.0. The maximum absolute atomic E-state index is 13.2. The molecular formula is C22H19ClFN3O5S. The Morgan fingerprint density at radius 1 is 1.09 bits per heavy atom. The van der Waals surface area contributed by atoms with Crippen LogP contribution in [0.15, 0.2) is 48.5 Å². The first-order chi connectivity index (χ1) is 15.8. The van der Waals surface area contributed by atoms with E-state index in [1.54, 1.807) is 12.1 Å². The van der Waals surface area contributed by atoms with E-state index < -0.39 is 42.7 Å². The second kappa shape index (κ2) is 10.9. The number of thiophene rings is 1. The molecule has 0 aliphatic rings. The van der Waals surface area contributed by atoms with Crippen molar-refractivity contribution in [3.05, 3.63) is 64.2 Å². The summed E-state index contributed by atoms with van der Waals surface area (Å²) in [6, 6.07) is 12.3. The lowest BCUT2D eigenvalue weighted by Crippen LogP contribution is -2.38. The highest BCUT2D eigenvalue weighted by atomic mass is 35.5. The number of ether oxygens (including phenoxy) is 1. The summed E-state index contributed by atoms with van der Waals surface area (Å²) in [4.78, 5) is 49.5. The van der Waals surface area contributed by atoms with Gasteiger partial charge in [-0.15, -0.1) is 11.3 Å². The standard InChI is InChI=1S/C22H19ClFN3O5S/c23-20-15-3-1-2-4-16(15)33-21(20)22(31)26-11-19(30)32-12-18(29)27(10-9-17(25)28)14-7-5-13(24)6-8-14/h1-8H,9-12H2,(H2,25,28)(H,26,31). The first-order valence-corrected chi connectivity index (χ1v) is 10.9. The maximum atomic E-state index is 13.2. The van der Waals surface area contributed by atoms with E-state index in [4.69, 9.17) is 22.1 Å². The number of primary amides is 1. The molecule has 3 amide bonds. The third kappa shape index (κ3) is 6.27. The number of carbonyl (C=O) groups is 4. The highest BCUT2D eigenvalue weighted by Gasteiger charge is 2.20. The van der Waals surface area contributed by atoms with Crippen LogP contribution < -0.4 is 16.0 Å². The minimum absolute atomic E-state index is 0.0709. The van der Waals surface area contributed by atoms with Crippen molar-refractivity contribution < 1.29 is 28.3 Å². The van der Waals surface area contributed by atoms with E-state index in [0.717, 1.165) is 27.1 Å². The molecule has 1 aromatic heterocycles. The molecule has 0 atom stereocenters. The van der Waals surface area contributed by atoms with Gasteiger partial charge in [0.1, 0.15) is 17.2 Å². The van der Waals surface area contributed by atoms with Gasteiger partial charge < -0.3 is 20.7 Å². The van der Waals surface area contributed by atoms with Crippen molar-refractivity contribution in [2.45, 2.75) is 6.42 Å². The number of rotatable bonds is 9. The average molecular weight is 492 g/mol. The molecule has 0 unspecified atom stereocenters. The molecule has 0 saturated carbocycles. The SMILES string of the molecule is NC(=O)CCN(C(=O)COC(=O)CNC(=O)c1sc2ccccc2c1Cl)c1ccc(F)cc1. The Labute approximate surface area is 197 Å². The van der Waals surface area contributed by atoms with Crippen LogP contribution in [0.2, 0.25) is 5.02 Å². The number of nitrogens with one attached hydrogen (secondary N) is 1. The Morgan fingerprint density at radius 2 is 1.79 bits per heavy atom. The number of halogens is 2. The van der Waals surface area contributed by atoms with Crippen molar-refractivity contribution >= 4 is 62.4 Å². The molecule has 0 spiro atoms. The topological polar surface area (TPSA) is 119 Å². The van der Waals surface area contributed by atoms with Gasteiger partial charge in [-0.2, -0.15) is 0 Å². The van der Waals surface area contributed by atoms with E-state index in [1.807, 2.05) is 12.1 Å². The van der Waals surface area contributed by atoms with Crippen LogP contribution in [0.5, 0.6) is 0 Å². The molecule has 8 nitrogen and oxygen atoms in total. The van der Waals surface area contributed by atoms with E-state index in [1.165, 1.54) is 23.5 Å². The monoisotopic (exact) mass is 491 g/mol. The number of anilines is 1. The van der Waals surface area contributed by atoms with Crippen LogP contribution in [0.4, 0.5) is 10.1 Å². The summed E-state index contributed by atoms with van der Waals surface area (Å²) in [7, 11) is 0. The Balaban J connectivity index is 1.56. The van der Waals surface area contributed by atoms with Gasteiger partial charge in [0, 0.05) is 28.7 Å². The van der Waals surface area contributed by atoms with Gasteiger partial charge in [0.05, 0.1) is 5.02 Å². The molecule has 2 aromatic carbocycles. The van der Waals surface area contributed by atoms with E-state index in [-0.39, 0.29) is 17.8 Å². The summed E-state index contributed by atoms with van der Waals surface area (Å²) >= 11 is 7.44. The van der Waals surface area contributed by atoms with Crippen LogP contribution in [0.1, 0.15) is 16.1 Å². The lowest BCUT2D eigenvalue weighted by molar-refractivity contribution is -0.146. The third-order valence-corrected chi connectivity index (χ3v) is 6.19. The first-order valence-electron chi connectivity index (χ1n) is 9.71. The molecule has 0 radical (unpaired) electrons. The molecule has 3 aromatic rings. The predicted molar refractivity (Wildman–Crippen MR) is 123 cm³/mol. The summed E-state index contributed by atoms with van der Waals surface area (Å²) in [6.07, 6.45) is -0.136. The number of fused-ring (bicyclic) bond motifs is 1. The normalized spacial score (nSPS) is 10.6. The molecule has 172 valence electrons. The van der Waals surface area contributed by atoms with Gasteiger partial charge in [-0.3, -0.25) is 19.2 Å². The van der Waals surface area contributed by atoms with Crippen LogP contribution in [0.25, 0.3) is 10.1 Å². The number of amides is 3. The Hall–Kier alpha value is -3.50. The van der Waals surface area contributed by atoms with Gasteiger partial charge in [0.15, 0.2) is 6.61 Å². The van der Waals surface area contributed by atoms with Crippen molar-refractivity contribution in [2.75, 3.05) is 24.6 Å². The fourth-order valence-corrected chi connectivity index (χ4v) is 4.34. The highest BCUT2D eigenvalue weighted by Crippen LogP contribution is 2.34. The van der Waals surface area contributed by atoms with Crippen LogP contribution >= 0.6 is 22.9 Å². The highest BCUT2D eigenvalue weighted by molar-refractivity contribution is 7.21. The molecule has 0 saturated heterocycles. The maximum Gasteiger partial charge on any atom is 0.325 e. The lowest BCUT2D eigenvalue weighted by atomic mass is 10.2. The molecule has 1 heterocycles. The number of carbonyl (C=O) groups excluding carboxylic acids is 4. The van der Waals surface area contributed by atoms with Crippen molar-refractivity contribution in [1.29, 1.82) is 0 Å². The first kappa shape index (κ1) is 24.1. The van der Waals surface area contributed by atoms with Gasteiger partial charge in [0.2, 0.25) is 5.91 Å². The molecule has 11 heteroatoms.